The lowest BCUT2D eigenvalue weighted by atomic mass is 10.0. The number of nitrogens with zero attached hydrogens (tertiary/aromatic N) is 6. The first kappa shape index (κ1) is 17.2. The second-order valence-corrected chi connectivity index (χ2v) is 6.46. The van der Waals surface area contributed by atoms with Crippen LogP contribution in [0.1, 0.15) is 11.6 Å². The molecule has 2 N–H and O–H groups in total. The minimum atomic E-state index is -0.418. The number of hydrogen-bond donors (Lipinski definition) is 1. The van der Waals surface area contributed by atoms with Crippen molar-refractivity contribution >= 4 is 11.9 Å². The molecule has 27 heavy (non-hydrogen) atoms. The summed E-state index contributed by atoms with van der Waals surface area (Å²) in [5.41, 5.74) is 7.54. The van der Waals surface area contributed by atoms with Gasteiger partial charge < -0.3 is 10.6 Å². The molecule has 2 aromatic carbocycles. The maximum Gasteiger partial charge on any atom is 0.250 e. The second-order valence-electron chi connectivity index (χ2n) is 6.46. The zero-order valence-electron chi connectivity index (χ0n) is 14.8. The highest BCUT2D eigenvalue weighted by Crippen LogP contribution is 2.24. The van der Waals surface area contributed by atoms with E-state index in [2.05, 4.69) is 25.3 Å². The average molecular weight is 363 g/mol. The number of hydrogen-bond acceptors (Lipinski definition) is 6. The van der Waals surface area contributed by atoms with Gasteiger partial charge in [-0.1, -0.05) is 53.6 Å². The molecule has 1 atom stereocenters. The Morgan fingerprint density at radius 1 is 0.926 bits per heavy atom. The summed E-state index contributed by atoms with van der Waals surface area (Å²) < 4.78 is 1.73. The van der Waals surface area contributed by atoms with Gasteiger partial charge >= 0.3 is 0 Å². The summed E-state index contributed by atoms with van der Waals surface area (Å²) in [4.78, 5) is 16.3. The number of carbonyl (C=O) groups is 1. The SMILES string of the molecule is NC(=O)[C@@H](c1ccccc1)N1CCN(c2nnnn2-c2ccccc2)CC1. The van der Waals surface area contributed by atoms with Crippen LogP contribution in [-0.4, -0.2) is 57.2 Å². The molecule has 3 aromatic rings. The van der Waals surface area contributed by atoms with Crippen LogP contribution in [0.15, 0.2) is 60.7 Å². The van der Waals surface area contributed by atoms with Crippen LogP contribution < -0.4 is 10.6 Å². The lowest BCUT2D eigenvalue weighted by Gasteiger charge is -2.38. The summed E-state index contributed by atoms with van der Waals surface area (Å²) in [6, 6.07) is 19.1. The fourth-order valence-corrected chi connectivity index (χ4v) is 3.49. The minimum Gasteiger partial charge on any atom is -0.368 e. The van der Waals surface area contributed by atoms with Gasteiger partial charge in [-0.25, -0.2) is 0 Å². The van der Waals surface area contributed by atoms with Gasteiger partial charge in [0.1, 0.15) is 6.04 Å². The molecule has 0 radical (unpaired) electrons. The Bertz CT molecular complexity index is 889. The van der Waals surface area contributed by atoms with Crippen LogP contribution in [0.25, 0.3) is 5.69 Å². The van der Waals surface area contributed by atoms with Crippen molar-refractivity contribution in [1.29, 1.82) is 0 Å². The first-order chi connectivity index (χ1) is 13.2. The quantitative estimate of drug-likeness (QED) is 0.727. The number of benzene rings is 2. The molecule has 1 aliphatic rings. The van der Waals surface area contributed by atoms with Crippen molar-refractivity contribution in [2.75, 3.05) is 31.1 Å². The summed E-state index contributed by atoms with van der Waals surface area (Å²) >= 11 is 0. The fraction of sp³-hybridized carbons (Fsp3) is 0.263. The van der Waals surface area contributed by atoms with Crippen molar-refractivity contribution in [3.05, 3.63) is 66.2 Å². The highest BCUT2D eigenvalue weighted by molar-refractivity contribution is 5.81. The molecule has 8 heteroatoms. The van der Waals surface area contributed by atoms with Crippen LogP contribution in [0.4, 0.5) is 5.95 Å². The largest absolute Gasteiger partial charge is 0.368 e. The molecule has 0 spiro atoms. The number of primary amides is 1. The standard InChI is InChI=1S/C19H21N7O/c20-18(27)17(15-7-3-1-4-8-15)24-11-13-25(14-12-24)19-21-22-23-26(19)16-9-5-2-6-10-16/h1-10,17H,11-14H2,(H2,20,27)/t17-/m1/s1. The lowest BCUT2D eigenvalue weighted by molar-refractivity contribution is -0.123. The molecule has 1 amide bonds. The van der Waals surface area contributed by atoms with E-state index >= 15 is 0 Å². The third-order valence-electron chi connectivity index (χ3n) is 4.80. The maximum atomic E-state index is 12.1. The Balaban J connectivity index is 1.50. The number of rotatable bonds is 5. The monoisotopic (exact) mass is 363 g/mol. The van der Waals surface area contributed by atoms with Gasteiger partial charge in [0.15, 0.2) is 0 Å². The smallest absolute Gasteiger partial charge is 0.250 e. The molecule has 0 unspecified atom stereocenters. The Morgan fingerprint density at radius 2 is 1.56 bits per heavy atom. The molecule has 8 nitrogen and oxygen atoms in total. The van der Waals surface area contributed by atoms with Crippen molar-refractivity contribution < 1.29 is 4.79 Å². The molecular formula is C19H21N7O. The molecule has 1 aliphatic heterocycles. The molecule has 0 saturated carbocycles. The number of aromatic nitrogens is 4. The molecule has 1 fully saturated rings. The van der Waals surface area contributed by atoms with E-state index in [0.717, 1.165) is 11.3 Å². The first-order valence-electron chi connectivity index (χ1n) is 8.91. The molecular weight excluding hydrogens is 342 g/mol. The third kappa shape index (κ3) is 3.52. The molecule has 1 aromatic heterocycles. The van der Waals surface area contributed by atoms with Crippen molar-refractivity contribution in [3.8, 4) is 5.69 Å². The van der Waals surface area contributed by atoms with E-state index in [-0.39, 0.29) is 5.91 Å². The molecule has 4 rings (SSSR count). The van der Waals surface area contributed by atoms with E-state index in [0.29, 0.717) is 32.1 Å². The van der Waals surface area contributed by atoms with Crippen molar-refractivity contribution in [2.45, 2.75) is 6.04 Å². The van der Waals surface area contributed by atoms with E-state index in [1.54, 1.807) is 4.68 Å². The maximum absolute atomic E-state index is 12.1. The lowest BCUT2D eigenvalue weighted by Crippen LogP contribution is -2.51. The molecule has 0 aliphatic carbocycles. The van der Waals surface area contributed by atoms with Crippen LogP contribution in [0.2, 0.25) is 0 Å². The van der Waals surface area contributed by atoms with Crippen LogP contribution in [0.3, 0.4) is 0 Å². The number of amides is 1. The summed E-state index contributed by atoms with van der Waals surface area (Å²) in [6.45, 7) is 2.82. The van der Waals surface area contributed by atoms with Crippen molar-refractivity contribution in [1.82, 2.24) is 25.1 Å². The number of piperazine rings is 1. The zero-order valence-corrected chi connectivity index (χ0v) is 14.8. The van der Waals surface area contributed by atoms with Gasteiger partial charge in [0.25, 0.3) is 0 Å². The third-order valence-corrected chi connectivity index (χ3v) is 4.80. The van der Waals surface area contributed by atoms with Gasteiger partial charge in [-0.3, -0.25) is 9.69 Å². The first-order valence-corrected chi connectivity index (χ1v) is 8.91. The van der Waals surface area contributed by atoms with Crippen LogP contribution in [0.5, 0.6) is 0 Å². The predicted octanol–water partition coefficient (Wildman–Crippen LogP) is 1.01. The normalized spacial score (nSPS) is 16.2. The summed E-state index contributed by atoms with van der Waals surface area (Å²) in [7, 11) is 0. The van der Waals surface area contributed by atoms with Gasteiger partial charge in [-0.2, -0.15) is 4.68 Å². The van der Waals surface area contributed by atoms with Crippen molar-refractivity contribution in [2.24, 2.45) is 5.73 Å². The molecule has 1 saturated heterocycles. The highest BCUT2D eigenvalue weighted by atomic mass is 16.1. The van der Waals surface area contributed by atoms with Crippen LogP contribution in [-0.2, 0) is 4.79 Å². The van der Waals surface area contributed by atoms with Crippen molar-refractivity contribution in [3.63, 3.8) is 0 Å². The van der Waals surface area contributed by atoms with Gasteiger partial charge in [0.05, 0.1) is 5.69 Å². The predicted molar refractivity (Wildman–Crippen MR) is 101 cm³/mol. The zero-order chi connectivity index (χ0) is 18.6. The summed E-state index contributed by atoms with van der Waals surface area (Å²) in [5, 5.41) is 12.2. The topological polar surface area (TPSA) is 93.2 Å². The second kappa shape index (κ2) is 7.55. The van der Waals surface area contributed by atoms with E-state index in [9.17, 15) is 4.79 Å². The molecule has 2 heterocycles. The number of para-hydroxylation sites is 1. The van der Waals surface area contributed by atoms with E-state index < -0.39 is 6.04 Å². The van der Waals surface area contributed by atoms with Gasteiger partial charge in [0, 0.05) is 26.2 Å². The van der Waals surface area contributed by atoms with E-state index in [1.165, 1.54) is 0 Å². The Morgan fingerprint density at radius 3 is 2.19 bits per heavy atom. The van der Waals surface area contributed by atoms with E-state index in [1.807, 2.05) is 60.7 Å². The Hall–Kier alpha value is -3.26. The average Bonchev–Trinajstić information content (AvgIpc) is 3.20. The van der Waals surface area contributed by atoms with Crippen LogP contribution >= 0.6 is 0 Å². The van der Waals surface area contributed by atoms with Gasteiger partial charge in [-0.05, 0) is 28.1 Å². The van der Waals surface area contributed by atoms with Crippen LogP contribution in [0, 0.1) is 0 Å². The molecule has 0 bridgehead atoms. The fourth-order valence-electron chi connectivity index (χ4n) is 3.49. The summed E-state index contributed by atoms with van der Waals surface area (Å²) in [6.07, 6.45) is 0. The molecule has 138 valence electrons. The van der Waals surface area contributed by atoms with Gasteiger partial charge in [-0.15, -0.1) is 0 Å². The van der Waals surface area contributed by atoms with Gasteiger partial charge in [0.2, 0.25) is 11.9 Å². The number of carbonyl (C=O) groups excluding carboxylic acids is 1. The minimum absolute atomic E-state index is 0.330. The number of tetrazole rings is 1. The van der Waals surface area contributed by atoms with E-state index in [4.69, 9.17) is 5.73 Å². The number of nitrogens with two attached hydrogens (primary N) is 1. The Kier molecular flexibility index (Phi) is 4.80. The Labute approximate surface area is 157 Å². The summed E-state index contributed by atoms with van der Waals surface area (Å²) in [5.74, 6) is 0.375. The highest BCUT2D eigenvalue weighted by Gasteiger charge is 2.30. The number of anilines is 1.